The number of hydrogen-bond donors (Lipinski definition) is 2. The molecule has 0 saturated heterocycles. The highest BCUT2D eigenvalue weighted by atomic mass is 16.5. The van der Waals surface area contributed by atoms with Crippen molar-refractivity contribution in [1.82, 2.24) is 10.2 Å². The maximum Gasteiger partial charge on any atom is 0.254 e. The lowest BCUT2D eigenvalue weighted by Gasteiger charge is -2.17. The topological polar surface area (TPSA) is 84.7 Å². The van der Waals surface area contributed by atoms with Gasteiger partial charge in [0.25, 0.3) is 5.91 Å². The van der Waals surface area contributed by atoms with Crippen LogP contribution in [0.1, 0.15) is 17.3 Å². The fraction of sp³-hybridized carbons (Fsp3) is 0.385. The number of anilines is 1. The highest BCUT2D eigenvalue weighted by Crippen LogP contribution is 2.22. The van der Waals surface area contributed by atoms with E-state index in [1.54, 1.807) is 19.2 Å². The van der Waals surface area contributed by atoms with E-state index < -0.39 is 0 Å². The van der Waals surface area contributed by atoms with Crippen LogP contribution in [-0.4, -0.2) is 44.0 Å². The predicted molar refractivity (Wildman–Crippen MR) is 73.1 cm³/mol. The molecule has 3 N–H and O–H groups in total. The number of benzene rings is 1. The lowest BCUT2D eigenvalue weighted by atomic mass is 10.1. The number of nitrogens with two attached hydrogens (primary N) is 1. The van der Waals surface area contributed by atoms with Gasteiger partial charge in [-0.1, -0.05) is 0 Å². The summed E-state index contributed by atoms with van der Waals surface area (Å²) in [6.07, 6.45) is 0. The van der Waals surface area contributed by atoms with Crippen LogP contribution in [0.15, 0.2) is 18.2 Å². The Labute approximate surface area is 112 Å². The third-order valence-electron chi connectivity index (χ3n) is 2.58. The molecule has 104 valence electrons. The minimum atomic E-state index is -0.263. The van der Waals surface area contributed by atoms with E-state index in [4.69, 9.17) is 10.5 Å². The van der Waals surface area contributed by atoms with E-state index in [1.807, 2.05) is 6.92 Å². The molecule has 2 amide bonds. The predicted octanol–water partition coefficient (Wildman–Crippen LogP) is 0.485. The van der Waals surface area contributed by atoms with Gasteiger partial charge in [0, 0.05) is 19.2 Å². The summed E-state index contributed by atoms with van der Waals surface area (Å²) < 4.78 is 5.02. The Morgan fingerprint density at radius 1 is 1.42 bits per heavy atom. The van der Waals surface area contributed by atoms with Gasteiger partial charge in [-0.05, 0) is 25.1 Å². The SMILES string of the molecule is CCNC(=O)CN(C)C(=O)c1ccc(OC)c(N)c1. The Balaban J connectivity index is 2.77. The van der Waals surface area contributed by atoms with Gasteiger partial charge in [0.05, 0.1) is 19.3 Å². The fourth-order valence-electron chi connectivity index (χ4n) is 1.63. The second kappa shape index (κ2) is 6.63. The summed E-state index contributed by atoms with van der Waals surface area (Å²) >= 11 is 0. The van der Waals surface area contributed by atoms with Crippen molar-refractivity contribution < 1.29 is 14.3 Å². The normalized spacial score (nSPS) is 9.84. The smallest absolute Gasteiger partial charge is 0.254 e. The van der Waals surface area contributed by atoms with Crippen LogP contribution >= 0.6 is 0 Å². The number of hydrogen-bond acceptors (Lipinski definition) is 4. The molecule has 0 atom stereocenters. The molecule has 0 heterocycles. The summed E-state index contributed by atoms with van der Waals surface area (Å²) in [4.78, 5) is 24.8. The first kappa shape index (κ1) is 14.8. The molecule has 0 aromatic heterocycles. The van der Waals surface area contributed by atoms with Gasteiger partial charge in [-0.2, -0.15) is 0 Å². The Kier molecular flexibility index (Phi) is 5.17. The number of likely N-dealkylation sites (N-methyl/N-ethyl adjacent to an activating group) is 2. The highest BCUT2D eigenvalue weighted by molar-refractivity contribution is 5.97. The number of ether oxygens (including phenoxy) is 1. The maximum atomic E-state index is 12.1. The van der Waals surface area contributed by atoms with E-state index in [9.17, 15) is 9.59 Å². The second-order valence-electron chi connectivity index (χ2n) is 4.07. The zero-order valence-electron chi connectivity index (χ0n) is 11.4. The van der Waals surface area contributed by atoms with Crippen LogP contribution in [0.4, 0.5) is 5.69 Å². The van der Waals surface area contributed by atoms with Crippen LogP contribution in [0, 0.1) is 0 Å². The van der Waals surface area contributed by atoms with Gasteiger partial charge in [-0.15, -0.1) is 0 Å². The molecule has 1 aromatic rings. The molecule has 0 bridgehead atoms. The second-order valence-corrected chi connectivity index (χ2v) is 4.07. The molecule has 0 saturated carbocycles. The molecule has 0 radical (unpaired) electrons. The molecule has 0 spiro atoms. The Morgan fingerprint density at radius 3 is 2.63 bits per heavy atom. The lowest BCUT2D eigenvalue weighted by Crippen LogP contribution is -2.38. The molecular formula is C13H19N3O3. The number of amides is 2. The summed E-state index contributed by atoms with van der Waals surface area (Å²) in [5, 5.41) is 2.63. The van der Waals surface area contributed by atoms with Crippen molar-refractivity contribution in [1.29, 1.82) is 0 Å². The van der Waals surface area contributed by atoms with Gasteiger partial charge in [-0.3, -0.25) is 9.59 Å². The van der Waals surface area contributed by atoms with Crippen LogP contribution in [-0.2, 0) is 4.79 Å². The van der Waals surface area contributed by atoms with Gasteiger partial charge in [0.1, 0.15) is 5.75 Å². The van der Waals surface area contributed by atoms with Gasteiger partial charge < -0.3 is 20.7 Å². The molecule has 1 aromatic carbocycles. The quantitative estimate of drug-likeness (QED) is 0.759. The summed E-state index contributed by atoms with van der Waals surface area (Å²) in [5.74, 6) is 0.0587. The molecule has 0 aliphatic heterocycles. The van der Waals surface area contributed by atoms with E-state index in [0.717, 1.165) is 0 Å². The maximum absolute atomic E-state index is 12.1. The summed E-state index contributed by atoms with van der Waals surface area (Å²) in [6, 6.07) is 4.78. The van der Waals surface area contributed by atoms with Crippen molar-refractivity contribution in [2.45, 2.75) is 6.92 Å². The van der Waals surface area contributed by atoms with Crippen LogP contribution in [0.25, 0.3) is 0 Å². The van der Waals surface area contributed by atoms with Crippen LogP contribution in [0.3, 0.4) is 0 Å². The number of nitrogens with one attached hydrogen (secondary N) is 1. The molecule has 0 aliphatic carbocycles. The van der Waals surface area contributed by atoms with E-state index in [-0.39, 0.29) is 18.4 Å². The van der Waals surface area contributed by atoms with Crippen molar-refractivity contribution >= 4 is 17.5 Å². The molecule has 0 aliphatic rings. The number of nitrogen functional groups attached to an aromatic ring is 1. The number of carbonyl (C=O) groups is 2. The van der Waals surface area contributed by atoms with E-state index in [2.05, 4.69) is 5.32 Å². The van der Waals surface area contributed by atoms with Gasteiger partial charge in [0.2, 0.25) is 5.91 Å². The van der Waals surface area contributed by atoms with E-state index in [1.165, 1.54) is 18.1 Å². The van der Waals surface area contributed by atoms with Crippen LogP contribution in [0.5, 0.6) is 5.75 Å². The van der Waals surface area contributed by atoms with Crippen molar-refractivity contribution in [2.75, 3.05) is 33.0 Å². The average molecular weight is 265 g/mol. The Hall–Kier alpha value is -2.24. The summed E-state index contributed by atoms with van der Waals surface area (Å²) in [7, 11) is 3.08. The lowest BCUT2D eigenvalue weighted by molar-refractivity contribution is -0.121. The first-order valence-corrected chi connectivity index (χ1v) is 5.95. The summed E-state index contributed by atoms with van der Waals surface area (Å²) in [6.45, 7) is 2.37. The zero-order valence-corrected chi connectivity index (χ0v) is 11.4. The molecule has 0 fully saturated rings. The van der Waals surface area contributed by atoms with Gasteiger partial charge >= 0.3 is 0 Å². The first-order valence-electron chi connectivity index (χ1n) is 5.95. The number of rotatable bonds is 5. The molecule has 6 heteroatoms. The van der Waals surface area contributed by atoms with Gasteiger partial charge in [-0.25, -0.2) is 0 Å². The number of methoxy groups -OCH3 is 1. The zero-order chi connectivity index (χ0) is 14.4. The highest BCUT2D eigenvalue weighted by Gasteiger charge is 2.15. The van der Waals surface area contributed by atoms with Crippen LogP contribution < -0.4 is 15.8 Å². The van der Waals surface area contributed by atoms with Crippen LogP contribution in [0.2, 0.25) is 0 Å². The number of carbonyl (C=O) groups excluding carboxylic acids is 2. The average Bonchev–Trinajstić information content (AvgIpc) is 2.37. The monoisotopic (exact) mass is 265 g/mol. The largest absolute Gasteiger partial charge is 0.495 e. The minimum absolute atomic E-state index is 0.0125. The Bertz CT molecular complexity index is 474. The molecule has 1 rings (SSSR count). The standard InChI is InChI=1S/C13H19N3O3/c1-4-15-12(17)8-16(2)13(18)9-5-6-11(19-3)10(14)7-9/h5-7H,4,8,14H2,1-3H3,(H,15,17). The molecular weight excluding hydrogens is 246 g/mol. The fourth-order valence-corrected chi connectivity index (χ4v) is 1.63. The third kappa shape index (κ3) is 3.87. The molecule has 0 unspecified atom stereocenters. The molecule has 19 heavy (non-hydrogen) atoms. The number of nitrogens with zero attached hydrogens (tertiary/aromatic N) is 1. The van der Waals surface area contributed by atoms with E-state index in [0.29, 0.717) is 23.5 Å². The summed E-state index contributed by atoms with van der Waals surface area (Å²) in [5.41, 5.74) is 6.55. The molecule has 6 nitrogen and oxygen atoms in total. The van der Waals surface area contributed by atoms with Crippen molar-refractivity contribution in [3.05, 3.63) is 23.8 Å². The van der Waals surface area contributed by atoms with E-state index >= 15 is 0 Å². The minimum Gasteiger partial charge on any atom is -0.495 e. The first-order chi connectivity index (χ1) is 8.99. The third-order valence-corrected chi connectivity index (χ3v) is 2.58. The van der Waals surface area contributed by atoms with Crippen molar-refractivity contribution in [3.8, 4) is 5.75 Å². The van der Waals surface area contributed by atoms with Crippen molar-refractivity contribution in [3.63, 3.8) is 0 Å². The van der Waals surface area contributed by atoms with Gasteiger partial charge in [0.15, 0.2) is 0 Å². The Morgan fingerprint density at radius 2 is 2.11 bits per heavy atom. The van der Waals surface area contributed by atoms with Crippen molar-refractivity contribution in [2.24, 2.45) is 0 Å².